The summed E-state index contributed by atoms with van der Waals surface area (Å²) in [5.74, 6) is -0.841. The Kier molecular flexibility index (Phi) is 15.1. The summed E-state index contributed by atoms with van der Waals surface area (Å²) < 4.78 is 26.6. The van der Waals surface area contributed by atoms with Crippen LogP contribution >= 0.6 is 23.2 Å². The quantitative estimate of drug-likeness (QED) is 0.134. The lowest BCUT2D eigenvalue weighted by atomic mass is 9.77. The second kappa shape index (κ2) is 19.8. The molecule has 2 amide bonds. The molecule has 4 aromatic carbocycles. The van der Waals surface area contributed by atoms with E-state index in [0.29, 0.717) is 16.9 Å². The normalized spacial score (nSPS) is 17.8. The van der Waals surface area contributed by atoms with Crippen LogP contribution < -0.4 is 16.0 Å². The van der Waals surface area contributed by atoms with Crippen LogP contribution in [0.3, 0.4) is 0 Å². The molecule has 2 aliphatic heterocycles. The standard InChI is InChI=1S/C23H25ClFN3O.C22H26ClFN2O2/c1-15-16(2)19(14-26)4-3-17(15)7-10-28-11-8-20(9-12-28)27-23(29)18-5-6-22(25)21(24)13-18;1-12-13(2)21(27)7-5-16(12)14(3)17-11-25-9-8-20(17)26-22(28)15-4-6-19(24)18(23)10-15/h3-6,13,20H,7-12H2,1-2H3,(H,27,29);4-7,10,14,17,20,25,27H,8-9,11H2,1-3H3,(H,26,28). The van der Waals surface area contributed by atoms with Crippen LogP contribution in [0, 0.1) is 56.6 Å². The fourth-order valence-electron chi connectivity index (χ4n) is 7.78. The van der Waals surface area contributed by atoms with Gasteiger partial charge >= 0.3 is 0 Å². The number of carbonyl (C=O) groups excluding carboxylic acids is 2. The zero-order valence-electron chi connectivity index (χ0n) is 33.1. The monoisotopic (exact) mass is 817 g/mol. The summed E-state index contributed by atoms with van der Waals surface area (Å²) in [7, 11) is 0. The Hall–Kier alpha value is -4.53. The number of halogens is 4. The van der Waals surface area contributed by atoms with Gasteiger partial charge in [-0.3, -0.25) is 9.59 Å². The highest BCUT2D eigenvalue weighted by Crippen LogP contribution is 2.35. The van der Waals surface area contributed by atoms with Crippen molar-refractivity contribution in [3.63, 3.8) is 0 Å². The van der Waals surface area contributed by atoms with Crippen LogP contribution in [0.2, 0.25) is 10.0 Å². The molecule has 0 saturated carbocycles. The van der Waals surface area contributed by atoms with Crippen LogP contribution in [0.5, 0.6) is 5.75 Å². The maximum Gasteiger partial charge on any atom is 0.251 e. The predicted octanol–water partition coefficient (Wildman–Crippen LogP) is 8.72. The summed E-state index contributed by atoms with van der Waals surface area (Å²) in [6.45, 7) is 14.6. The summed E-state index contributed by atoms with van der Waals surface area (Å²) in [5.41, 5.74) is 8.15. The first-order chi connectivity index (χ1) is 27.2. The second-order valence-corrected chi connectivity index (χ2v) is 16.0. The summed E-state index contributed by atoms with van der Waals surface area (Å²) >= 11 is 11.6. The van der Waals surface area contributed by atoms with Gasteiger partial charge in [0.05, 0.1) is 21.7 Å². The van der Waals surface area contributed by atoms with Crippen LogP contribution in [0.1, 0.15) is 91.8 Å². The average Bonchev–Trinajstić information content (AvgIpc) is 3.20. The Morgan fingerprint density at radius 2 is 1.47 bits per heavy atom. The molecule has 2 fully saturated rings. The number of rotatable bonds is 9. The molecule has 12 heteroatoms. The number of aromatic hydroxyl groups is 1. The van der Waals surface area contributed by atoms with Gasteiger partial charge in [0.25, 0.3) is 11.8 Å². The van der Waals surface area contributed by atoms with Crippen molar-refractivity contribution in [3.8, 4) is 11.8 Å². The number of piperidine rings is 2. The second-order valence-electron chi connectivity index (χ2n) is 15.2. The minimum Gasteiger partial charge on any atom is -0.508 e. The SMILES string of the molecule is Cc1c(C#N)ccc(CCN2CCC(NC(=O)c3ccc(F)c(Cl)c3)CC2)c1C.Cc1c(O)ccc(C(C)C2CNCCC2NC(=O)c2ccc(F)c(Cl)c2)c1C. The van der Waals surface area contributed by atoms with Crippen molar-refractivity contribution >= 4 is 35.0 Å². The molecule has 2 aliphatic rings. The van der Waals surface area contributed by atoms with Crippen molar-refractivity contribution in [2.75, 3.05) is 32.7 Å². The van der Waals surface area contributed by atoms with Gasteiger partial charge < -0.3 is 26.0 Å². The first-order valence-electron chi connectivity index (χ1n) is 19.4. The molecule has 3 unspecified atom stereocenters. The Morgan fingerprint density at radius 1 is 0.860 bits per heavy atom. The molecule has 4 N–H and O–H groups in total. The van der Waals surface area contributed by atoms with Gasteiger partial charge in [0.2, 0.25) is 0 Å². The van der Waals surface area contributed by atoms with E-state index in [9.17, 15) is 23.5 Å². The molecule has 6 rings (SSSR count). The molecule has 0 bridgehead atoms. The van der Waals surface area contributed by atoms with E-state index in [2.05, 4.69) is 46.8 Å². The van der Waals surface area contributed by atoms with E-state index in [1.165, 1.54) is 53.1 Å². The van der Waals surface area contributed by atoms with Crippen molar-refractivity contribution in [2.45, 2.75) is 78.3 Å². The molecule has 2 heterocycles. The summed E-state index contributed by atoms with van der Waals surface area (Å²) in [5, 5.41) is 28.6. The fourth-order valence-corrected chi connectivity index (χ4v) is 8.14. The first-order valence-corrected chi connectivity index (χ1v) is 20.2. The van der Waals surface area contributed by atoms with Crippen molar-refractivity contribution in [1.29, 1.82) is 5.26 Å². The van der Waals surface area contributed by atoms with Gasteiger partial charge in [-0.1, -0.05) is 42.3 Å². The number of hydrogen-bond acceptors (Lipinski definition) is 6. The molecule has 4 aromatic rings. The molecule has 0 aromatic heterocycles. The van der Waals surface area contributed by atoms with Gasteiger partial charge in [-0.15, -0.1) is 0 Å². The van der Waals surface area contributed by atoms with Gasteiger partial charge in [-0.2, -0.15) is 5.26 Å². The van der Waals surface area contributed by atoms with E-state index >= 15 is 0 Å². The topological polar surface area (TPSA) is 117 Å². The summed E-state index contributed by atoms with van der Waals surface area (Å²) in [4.78, 5) is 27.5. The number of phenols is 1. The van der Waals surface area contributed by atoms with E-state index < -0.39 is 11.6 Å². The minimum atomic E-state index is -0.537. The van der Waals surface area contributed by atoms with Gasteiger partial charge in [0.1, 0.15) is 17.4 Å². The Balaban J connectivity index is 0.000000218. The number of nitrogens with zero attached hydrogens (tertiary/aromatic N) is 2. The van der Waals surface area contributed by atoms with E-state index in [4.69, 9.17) is 28.5 Å². The third-order valence-electron chi connectivity index (χ3n) is 11.8. The molecular weight excluding hydrogens is 767 g/mol. The van der Waals surface area contributed by atoms with E-state index in [1.54, 1.807) is 6.07 Å². The smallest absolute Gasteiger partial charge is 0.251 e. The Bertz CT molecular complexity index is 2130. The molecule has 3 atom stereocenters. The van der Waals surface area contributed by atoms with E-state index in [1.807, 2.05) is 32.9 Å². The third-order valence-corrected chi connectivity index (χ3v) is 12.4. The number of nitriles is 1. The molecule has 2 saturated heterocycles. The van der Waals surface area contributed by atoms with Crippen molar-refractivity contribution in [3.05, 3.63) is 132 Å². The van der Waals surface area contributed by atoms with Crippen LogP contribution in [0.4, 0.5) is 8.78 Å². The average molecular weight is 819 g/mol. The van der Waals surface area contributed by atoms with Crippen LogP contribution in [0.25, 0.3) is 0 Å². The highest BCUT2D eigenvalue weighted by Gasteiger charge is 2.33. The van der Waals surface area contributed by atoms with Gasteiger partial charge in [-0.05, 0) is 154 Å². The van der Waals surface area contributed by atoms with Crippen molar-refractivity contribution < 1.29 is 23.5 Å². The molecular formula is C45H51Cl2F2N5O3. The number of amides is 2. The Morgan fingerprint density at radius 3 is 2.07 bits per heavy atom. The summed E-state index contributed by atoms with van der Waals surface area (Å²) in [6.07, 6.45) is 3.52. The Labute approximate surface area is 344 Å². The molecule has 0 radical (unpaired) electrons. The molecule has 0 aliphatic carbocycles. The number of hydrogen-bond donors (Lipinski definition) is 4. The number of nitrogens with one attached hydrogen (secondary N) is 3. The van der Waals surface area contributed by atoms with Gasteiger partial charge in [-0.25, -0.2) is 8.78 Å². The number of benzene rings is 4. The number of phenolic OH excluding ortho intramolecular Hbond substituents is 1. The lowest BCUT2D eigenvalue weighted by Crippen LogP contribution is -2.51. The van der Waals surface area contributed by atoms with E-state index in [-0.39, 0.29) is 45.8 Å². The molecule has 8 nitrogen and oxygen atoms in total. The van der Waals surface area contributed by atoms with Crippen LogP contribution in [0.15, 0.2) is 60.7 Å². The predicted molar refractivity (Wildman–Crippen MR) is 222 cm³/mol. The van der Waals surface area contributed by atoms with E-state index in [0.717, 1.165) is 80.7 Å². The minimum absolute atomic E-state index is 0.0129. The third kappa shape index (κ3) is 10.9. The number of likely N-dealkylation sites (tertiary alicyclic amines) is 1. The van der Waals surface area contributed by atoms with Crippen molar-refractivity contribution in [1.82, 2.24) is 20.9 Å². The number of carbonyl (C=O) groups is 2. The van der Waals surface area contributed by atoms with Gasteiger partial charge in [0.15, 0.2) is 0 Å². The molecule has 0 spiro atoms. The first kappa shape index (κ1) is 43.6. The van der Waals surface area contributed by atoms with Crippen LogP contribution in [-0.2, 0) is 6.42 Å². The molecule has 302 valence electrons. The maximum atomic E-state index is 13.4. The molecule has 57 heavy (non-hydrogen) atoms. The highest BCUT2D eigenvalue weighted by molar-refractivity contribution is 6.31. The maximum absolute atomic E-state index is 13.4. The fraction of sp³-hybridized carbons (Fsp3) is 0.400. The summed E-state index contributed by atoms with van der Waals surface area (Å²) in [6, 6.07) is 18.0. The lowest BCUT2D eigenvalue weighted by molar-refractivity contribution is 0.0898. The van der Waals surface area contributed by atoms with Crippen molar-refractivity contribution in [2.24, 2.45) is 5.92 Å². The lowest BCUT2D eigenvalue weighted by Gasteiger charge is -2.37. The zero-order valence-corrected chi connectivity index (χ0v) is 34.6. The highest BCUT2D eigenvalue weighted by atomic mass is 35.5. The largest absolute Gasteiger partial charge is 0.508 e. The zero-order chi connectivity index (χ0) is 41.4. The van der Waals surface area contributed by atoms with Gasteiger partial charge in [0, 0.05) is 49.4 Å². The van der Waals surface area contributed by atoms with Crippen LogP contribution in [-0.4, -0.2) is 66.6 Å².